The minimum atomic E-state index is -0.654. The van der Waals surface area contributed by atoms with E-state index in [0.717, 1.165) is 19.5 Å². The monoisotopic (exact) mass is 188 g/mol. The summed E-state index contributed by atoms with van der Waals surface area (Å²) in [5.41, 5.74) is 0. The predicted molar refractivity (Wildman–Crippen MR) is 53.7 cm³/mol. The number of rotatable bonds is 4. The number of likely N-dealkylation sites (tertiary alicyclic amines) is 1. The van der Waals surface area contributed by atoms with E-state index >= 15 is 0 Å². The van der Waals surface area contributed by atoms with Crippen molar-refractivity contribution >= 4 is 0 Å². The summed E-state index contributed by atoms with van der Waals surface area (Å²) in [6.07, 6.45) is 2.43. The van der Waals surface area contributed by atoms with Crippen LogP contribution in [0.5, 0.6) is 0 Å². The van der Waals surface area contributed by atoms with Gasteiger partial charge in [-0.3, -0.25) is 0 Å². The third kappa shape index (κ3) is 4.05. The molecule has 0 aromatic carbocycles. The number of alkyl halides is 1. The van der Waals surface area contributed by atoms with E-state index in [1.807, 2.05) is 0 Å². The Morgan fingerprint density at radius 3 is 2.62 bits per heavy atom. The standard InChI is InChI=1S/C10H21FN2/c1-12-8-10(11)7-9-3-5-13(2)6-4-9/h9-10,12H,3-8H2,1-2H3. The second-order valence-corrected chi connectivity index (χ2v) is 4.14. The molecule has 0 radical (unpaired) electrons. The minimum absolute atomic E-state index is 0.506. The molecular formula is C10H21FN2. The Morgan fingerprint density at radius 2 is 2.08 bits per heavy atom. The normalized spacial score (nSPS) is 23.3. The molecule has 1 aliphatic rings. The van der Waals surface area contributed by atoms with Crippen molar-refractivity contribution < 1.29 is 4.39 Å². The summed E-state index contributed by atoms with van der Waals surface area (Å²) in [4.78, 5) is 2.32. The van der Waals surface area contributed by atoms with Gasteiger partial charge in [-0.05, 0) is 52.4 Å². The van der Waals surface area contributed by atoms with Crippen LogP contribution < -0.4 is 5.32 Å². The van der Waals surface area contributed by atoms with Crippen LogP contribution in [-0.4, -0.2) is 44.8 Å². The molecule has 1 N–H and O–H groups in total. The minimum Gasteiger partial charge on any atom is -0.317 e. The van der Waals surface area contributed by atoms with E-state index in [1.54, 1.807) is 7.05 Å². The molecule has 1 fully saturated rings. The van der Waals surface area contributed by atoms with Crippen LogP contribution in [0.25, 0.3) is 0 Å². The van der Waals surface area contributed by atoms with Gasteiger partial charge in [0, 0.05) is 6.54 Å². The Hall–Kier alpha value is -0.150. The largest absolute Gasteiger partial charge is 0.317 e. The van der Waals surface area contributed by atoms with Gasteiger partial charge in [-0.15, -0.1) is 0 Å². The molecule has 1 rings (SSSR count). The van der Waals surface area contributed by atoms with Crippen LogP contribution in [0, 0.1) is 5.92 Å². The molecule has 0 aliphatic carbocycles. The van der Waals surface area contributed by atoms with Crippen LogP contribution in [0.1, 0.15) is 19.3 Å². The smallest absolute Gasteiger partial charge is 0.113 e. The molecule has 1 atom stereocenters. The molecule has 2 nitrogen and oxygen atoms in total. The van der Waals surface area contributed by atoms with Crippen molar-refractivity contribution in [3.05, 3.63) is 0 Å². The highest BCUT2D eigenvalue weighted by atomic mass is 19.1. The molecule has 0 spiro atoms. The lowest BCUT2D eigenvalue weighted by molar-refractivity contribution is 0.175. The third-order valence-electron chi connectivity index (χ3n) is 2.85. The highest BCUT2D eigenvalue weighted by Crippen LogP contribution is 2.21. The van der Waals surface area contributed by atoms with Crippen LogP contribution in [-0.2, 0) is 0 Å². The Kier molecular flexibility index (Phi) is 4.67. The van der Waals surface area contributed by atoms with Crippen molar-refractivity contribution in [2.45, 2.75) is 25.4 Å². The fraction of sp³-hybridized carbons (Fsp3) is 1.00. The summed E-state index contributed by atoms with van der Waals surface area (Å²) in [6.45, 7) is 2.78. The third-order valence-corrected chi connectivity index (χ3v) is 2.85. The van der Waals surface area contributed by atoms with Crippen molar-refractivity contribution in [1.29, 1.82) is 0 Å². The fourth-order valence-corrected chi connectivity index (χ4v) is 1.96. The van der Waals surface area contributed by atoms with Crippen LogP contribution in [0.15, 0.2) is 0 Å². The summed E-state index contributed by atoms with van der Waals surface area (Å²) in [6, 6.07) is 0. The maximum absolute atomic E-state index is 13.2. The number of nitrogens with one attached hydrogen (secondary N) is 1. The van der Waals surface area contributed by atoms with Gasteiger partial charge in [0.2, 0.25) is 0 Å². The average molecular weight is 188 g/mol. The Labute approximate surface area is 80.5 Å². The number of halogens is 1. The fourth-order valence-electron chi connectivity index (χ4n) is 1.96. The molecule has 78 valence electrons. The summed E-state index contributed by atoms with van der Waals surface area (Å²) in [5.74, 6) is 0.611. The molecule has 0 aromatic heterocycles. The van der Waals surface area contributed by atoms with Crippen LogP contribution >= 0.6 is 0 Å². The highest BCUT2D eigenvalue weighted by molar-refractivity contribution is 4.73. The topological polar surface area (TPSA) is 15.3 Å². The van der Waals surface area contributed by atoms with Crippen molar-refractivity contribution in [1.82, 2.24) is 10.2 Å². The van der Waals surface area contributed by atoms with E-state index in [9.17, 15) is 4.39 Å². The van der Waals surface area contributed by atoms with E-state index in [-0.39, 0.29) is 0 Å². The lowest BCUT2D eigenvalue weighted by Gasteiger charge is -2.29. The average Bonchev–Trinajstić information content (AvgIpc) is 2.09. The van der Waals surface area contributed by atoms with E-state index in [4.69, 9.17) is 0 Å². The van der Waals surface area contributed by atoms with Gasteiger partial charge in [-0.25, -0.2) is 4.39 Å². The molecule has 0 amide bonds. The zero-order chi connectivity index (χ0) is 9.68. The molecular weight excluding hydrogens is 167 g/mol. The Morgan fingerprint density at radius 1 is 1.46 bits per heavy atom. The summed E-state index contributed by atoms with van der Waals surface area (Å²) in [5, 5.41) is 2.88. The zero-order valence-corrected chi connectivity index (χ0v) is 8.72. The maximum Gasteiger partial charge on any atom is 0.113 e. The van der Waals surface area contributed by atoms with Crippen molar-refractivity contribution in [3.8, 4) is 0 Å². The van der Waals surface area contributed by atoms with E-state index in [0.29, 0.717) is 12.5 Å². The van der Waals surface area contributed by atoms with Gasteiger partial charge in [0.15, 0.2) is 0 Å². The molecule has 3 heteroatoms. The first kappa shape index (κ1) is 10.9. The van der Waals surface area contributed by atoms with Gasteiger partial charge < -0.3 is 10.2 Å². The van der Waals surface area contributed by atoms with Gasteiger partial charge in [-0.1, -0.05) is 0 Å². The summed E-state index contributed by atoms with van der Waals surface area (Å²) in [7, 11) is 3.94. The van der Waals surface area contributed by atoms with E-state index in [1.165, 1.54) is 12.8 Å². The highest BCUT2D eigenvalue weighted by Gasteiger charge is 2.19. The molecule has 0 bridgehead atoms. The molecule has 1 unspecified atom stereocenters. The van der Waals surface area contributed by atoms with E-state index in [2.05, 4.69) is 17.3 Å². The second-order valence-electron chi connectivity index (χ2n) is 4.14. The summed E-state index contributed by atoms with van der Waals surface area (Å²) >= 11 is 0. The predicted octanol–water partition coefficient (Wildman–Crippen LogP) is 1.28. The maximum atomic E-state index is 13.2. The Balaban J connectivity index is 2.14. The Bertz CT molecular complexity index is 133. The molecule has 1 heterocycles. The van der Waals surface area contributed by atoms with Crippen LogP contribution in [0.3, 0.4) is 0 Å². The van der Waals surface area contributed by atoms with Crippen LogP contribution in [0.4, 0.5) is 4.39 Å². The quantitative estimate of drug-likeness (QED) is 0.715. The lowest BCUT2D eigenvalue weighted by Crippen LogP contribution is -2.32. The van der Waals surface area contributed by atoms with Crippen molar-refractivity contribution in [2.24, 2.45) is 5.92 Å². The van der Waals surface area contributed by atoms with Gasteiger partial charge in [0.25, 0.3) is 0 Å². The van der Waals surface area contributed by atoms with Crippen molar-refractivity contribution in [3.63, 3.8) is 0 Å². The number of nitrogens with zero attached hydrogens (tertiary/aromatic N) is 1. The van der Waals surface area contributed by atoms with Crippen LogP contribution in [0.2, 0.25) is 0 Å². The molecule has 1 saturated heterocycles. The van der Waals surface area contributed by atoms with Gasteiger partial charge >= 0.3 is 0 Å². The summed E-state index contributed by atoms with van der Waals surface area (Å²) < 4.78 is 13.2. The first-order valence-corrected chi connectivity index (χ1v) is 5.19. The van der Waals surface area contributed by atoms with Gasteiger partial charge in [0.1, 0.15) is 6.17 Å². The lowest BCUT2D eigenvalue weighted by atomic mass is 9.92. The zero-order valence-electron chi connectivity index (χ0n) is 8.72. The first-order chi connectivity index (χ1) is 6.22. The second kappa shape index (κ2) is 5.55. The molecule has 1 aliphatic heterocycles. The number of hydrogen-bond donors (Lipinski definition) is 1. The number of hydrogen-bond acceptors (Lipinski definition) is 2. The first-order valence-electron chi connectivity index (χ1n) is 5.19. The SMILES string of the molecule is CNCC(F)CC1CCN(C)CC1. The number of piperidine rings is 1. The molecule has 0 saturated carbocycles. The van der Waals surface area contributed by atoms with Gasteiger partial charge in [-0.2, -0.15) is 0 Å². The van der Waals surface area contributed by atoms with E-state index < -0.39 is 6.17 Å². The molecule has 13 heavy (non-hydrogen) atoms. The van der Waals surface area contributed by atoms with Gasteiger partial charge in [0.05, 0.1) is 0 Å². The molecule has 0 aromatic rings. The van der Waals surface area contributed by atoms with Crippen molar-refractivity contribution in [2.75, 3.05) is 33.7 Å².